The zero-order chi connectivity index (χ0) is 27.9. The molecule has 3 atom stereocenters. The van der Waals surface area contributed by atoms with E-state index in [9.17, 15) is 5.11 Å². The summed E-state index contributed by atoms with van der Waals surface area (Å²) in [5.74, 6) is 0.436. The largest absolute Gasteiger partial charge is 0.388 e. The second-order valence-corrected chi connectivity index (χ2v) is 6.88. The summed E-state index contributed by atoms with van der Waals surface area (Å²) in [4.78, 5) is 9.03. The topological polar surface area (TPSA) is 58.0 Å². The van der Waals surface area contributed by atoms with Gasteiger partial charge in [0.15, 0.2) is 0 Å². The molecule has 0 aliphatic rings. The zero-order valence-electron chi connectivity index (χ0n) is 24.0. The van der Waals surface area contributed by atoms with Gasteiger partial charge in [-0.3, -0.25) is 4.98 Å². The van der Waals surface area contributed by atoms with Gasteiger partial charge in [-0.15, -0.1) is 0 Å². The Bertz CT molecular complexity index is 997. The molecule has 4 rings (SSSR count). The number of pyridine rings is 2. The number of hydrogen-bond acceptors (Lipinski definition) is 4. The first kappa shape index (κ1) is 33.5. The van der Waals surface area contributed by atoms with Gasteiger partial charge >= 0.3 is 0 Å². The molecule has 200 valence electrons. The maximum Gasteiger partial charge on any atom is 0.126 e. The van der Waals surface area contributed by atoms with Crippen LogP contribution in [0.25, 0.3) is 0 Å². The number of hydrogen-bond donors (Lipinski definition) is 2. The van der Waals surface area contributed by atoms with Crippen molar-refractivity contribution in [1.82, 2.24) is 9.97 Å². The first-order valence-corrected chi connectivity index (χ1v) is 13.7. The van der Waals surface area contributed by atoms with Gasteiger partial charge in [0, 0.05) is 18.1 Å². The average Bonchev–Trinajstić information content (AvgIpc) is 3.03. The molecule has 0 aliphatic heterocycles. The van der Waals surface area contributed by atoms with Crippen LogP contribution in [-0.4, -0.2) is 15.1 Å². The van der Waals surface area contributed by atoms with Gasteiger partial charge in [0.1, 0.15) is 5.82 Å². The van der Waals surface area contributed by atoms with Crippen molar-refractivity contribution >= 4 is 5.82 Å². The third-order valence-electron chi connectivity index (χ3n) is 5.00. The van der Waals surface area contributed by atoms with Crippen LogP contribution in [0, 0.1) is 0 Å². The highest BCUT2D eigenvalue weighted by atomic mass is 16.3. The number of nitrogens with zero attached hydrogens (tertiary/aromatic N) is 2. The van der Waals surface area contributed by atoms with Crippen molar-refractivity contribution in [2.75, 3.05) is 5.32 Å². The SMILES string of the molecule is CC.CC.CC.CC.O[C@H](c1ccccc1)[C@@H](c1ccccn1)[C@H](Nc1ccccn1)c1ccccc1. The minimum atomic E-state index is -0.743. The molecule has 2 N–H and O–H groups in total. The molecular formula is C33H47N3O. The molecule has 0 radical (unpaired) electrons. The zero-order valence-corrected chi connectivity index (χ0v) is 24.0. The number of anilines is 1. The molecule has 0 amide bonds. The molecule has 4 nitrogen and oxygen atoms in total. The minimum absolute atomic E-state index is 0.226. The van der Waals surface area contributed by atoms with Gasteiger partial charge in [-0.1, -0.05) is 128 Å². The van der Waals surface area contributed by atoms with Crippen LogP contribution in [0.1, 0.15) is 90.3 Å². The molecule has 2 aromatic carbocycles. The first-order valence-electron chi connectivity index (χ1n) is 13.7. The number of aliphatic hydroxyl groups excluding tert-OH is 1. The smallest absolute Gasteiger partial charge is 0.126 e. The minimum Gasteiger partial charge on any atom is -0.388 e. The highest BCUT2D eigenvalue weighted by Gasteiger charge is 2.33. The summed E-state index contributed by atoms with van der Waals surface area (Å²) in [5.41, 5.74) is 2.73. The molecule has 0 bridgehead atoms. The molecule has 0 unspecified atom stereocenters. The number of aromatic nitrogens is 2. The molecule has 0 saturated heterocycles. The Labute approximate surface area is 225 Å². The first-order chi connectivity index (χ1) is 18.3. The maximum absolute atomic E-state index is 11.4. The lowest BCUT2D eigenvalue weighted by molar-refractivity contribution is 0.133. The normalized spacial score (nSPS) is 11.6. The van der Waals surface area contributed by atoms with E-state index < -0.39 is 6.10 Å². The van der Waals surface area contributed by atoms with E-state index in [1.165, 1.54) is 0 Å². The van der Waals surface area contributed by atoms with Crippen LogP contribution in [0.5, 0.6) is 0 Å². The third kappa shape index (κ3) is 11.0. The molecule has 4 aromatic rings. The van der Waals surface area contributed by atoms with Crippen LogP contribution < -0.4 is 5.32 Å². The predicted octanol–water partition coefficient (Wildman–Crippen LogP) is 9.25. The van der Waals surface area contributed by atoms with Gasteiger partial charge in [-0.25, -0.2) is 4.98 Å². The summed E-state index contributed by atoms with van der Waals surface area (Å²) >= 11 is 0. The van der Waals surface area contributed by atoms with Crippen LogP contribution in [0.3, 0.4) is 0 Å². The highest BCUT2D eigenvalue weighted by molar-refractivity contribution is 5.41. The Morgan fingerprint density at radius 2 is 1.00 bits per heavy atom. The van der Waals surface area contributed by atoms with Gasteiger partial charge in [-0.05, 0) is 35.4 Å². The summed E-state index contributed by atoms with van der Waals surface area (Å²) in [6, 6.07) is 31.2. The summed E-state index contributed by atoms with van der Waals surface area (Å²) in [6.45, 7) is 16.0. The lowest BCUT2D eigenvalue weighted by atomic mass is 9.82. The fraction of sp³-hybridized carbons (Fsp3) is 0.333. The number of aliphatic hydroxyl groups is 1. The molecule has 2 heterocycles. The predicted molar refractivity (Wildman–Crippen MR) is 161 cm³/mol. The van der Waals surface area contributed by atoms with E-state index in [0.29, 0.717) is 0 Å². The van der Waals surface area contributed by atoms with Crippen molar-refractivity contribution in [2.45, 2.75) is 73.5 Å². The van der Waals surface area contributed by atoms with Gasteiger partial charge in [-0.2, -0.15) is 0 Å². The van der Waals surface area contributed by atoms with Crippen LogP contribution >= 0.6 is 0 Å². The molecule has 4 heteroatoms. The van der Waals surface area contributed by atoms with E-state index in [0.717, 1.165) is 22.6 Å². The molecule has 0 aliphatic carbocycles. The summed E-state index contributed by atoms with van der Waals surface area (Å²) in [6.07, 6.45) is 2.78. The fourth-order valence-corrected chi connectivity index (χ4v) is 3.59. The van der Waals surface area contributed by atoms with E-state index in [4.69, 9.17) is 0 Å². The van der Waals surface area contributed by atoms with Crippen molar-refractivity contribution in [1.29, 1.82) is 0 Å². The quantitative estimate of drug-likeness (QED) is 0.265. The van der Waals surface area contributed by atoms with Gasteiger partial charge in [0.2, 0.25) is 0 Å². The molecular weight excluding hydrogens is 454 g/mol. The summed E-state index contributed by atoms with van der Waals surface area (Å²) < 4.78 is 0. The Kier molecular flexibility index (Phi) is 19.7. The second kappa shape index (κ2) is 21.8. The van der Waals surface area contributed by atoms with Crippen LogP contribution in [0.15, 0.2) is 109 Å². The Hall–Kier alpha value is -3.50. The highest BCUT2D eigenvalue weighted by Crippen LogP contribution is 2.41. The Morgan fingerprint density at radius 1 is 0.541 bits per heavy atom. The number of nitrogens with one attached hydrogen (secondary N) is 1. The maximum atomic E-state index is 11.4. The summed E-state index contributed by atoms with van der Waals surface area (Å²) in [5, 5.41) is 15.0. The van der Waals surface area contributed by atoms with E-state index in [-0.39, 0.29) is 12.0 Å². The number of rotatable bonds is 7. The van der Waals surface area contributed by atoms with Crippen LogP contribution in [0.4, 0.5) is 5.82 Å². The fourth-order valence-electron chi connectivity index (χ4n) is 3.59. The molecule has 0 spiro atoms. The Balaban J connectivity index is 0.00000148. The van der Waals surface area contributed by atoms with Gasteiger partial charge < -0.3 is 10.4 Å². The van der Waals surface area contributed by atoms with E-state index in [1.807, 2.05) is 140 Å². The number of benzene rings is 2. The van der Waals surface area contributed by atoms with E-state index >= 15 is 0 Å². The van der Waals surface area contributed by atoms with Crippen molar-refractivity contribution in [3.63, 3.8) is 0 Å². The lowest BCUT2D eigenvalue weighted by Gasteiger charge is -2.32. The van der Waals surface area contributed by atoms with Crippen molar-refractivity contribution in [3.8, 4) is 0 Å². The molecule has 0 saturated carbocycles. The van der Waals surface area contributed by atoms with E-state index in [1.54, 1.807) is 12.4 Å². The standard InChI is InChI=1S/C25H23N3O.4C2H6/c29-25(20-13-5-2-6-14-20)23(21-15-7-9-17-26-21)24(19-11-3-1-4-12-19)28-22-16-8-10-18-27-22;4*1-2/h1-18,23-25,29H,(H,27,28);4*1-2H3/t23-,24+,25+;;;;/m0..../s1. The molecule has 2 aromatic heterocycles. The van der Waals surface area contributed by atoms with Gasteiger partial charge in [0.05, 0.1) is 18.1 Å². The Morgan fingerprint density at radius 3 is 1.46 bits per heavy atom. The third-order valence-corrected chi connectivity index (χ3v) is 5.00. The summed E-state index contributed by atoms with van der Waals surface area (Å²) in [7, 11) is 0. The van der Waals surface area contributed by atoms with Crippen molar-refractivity contribution in [2.24, 2.45) is 0 Å². The molecule has 37 heavy (non-hydrogen) atoms. The van der Waals surface area contributed by atoms with Crippen molar-refractivity contribution < 1.29 is 5.11 Å². The van der Waals surface area contributed by atoms with E-state index in [2.05, 4.69) is 27.4 Å². The molecule has 0 fully saturated rings. The average molecular weight is 502 g/mol. The van der Waals surface area contributed by atoms with Crippen LogP contribution in [0.2, 0.25) is 0 Å². The van der Waals surface area contributed by atoms with Crippen molar-refractivity contribution in [3.05, 3.63) is 126 Å². The monoisotopic (exact) mass is 501 g/mol. The van der Waals surface area contributed by atoms with Gasteiger partial charge in [0.25, 0.3) is 0 Å². The lowest BCUT2D eigenvalue weighted by Crippen LogP contribution is -2.26. The van der Waals surface area contributed by atoms with Crippen LogP contribution in [-0.2, 0) is 0 Å². The second-order valence-electron chi connectivity index (χ2n) is 6.88.